The second kappa shape index (κ2) is 5.53. The van der Waals surface area contributed by atoms with E-state index >= 15 is 0 Å². The van der Waals surface area contributed by atoms with Crippen molar-refractivity contribution < 1.29 is 9.59 Å². The second-order valence-electron chi connectivity index (χ2n) is 6.81. The molecule has 2 amide bonds. The molecule has 7 heteroatoms. The monoisotopic (exact) mass is 422 g/mol. The predicted molar refractivity (Wildman–Crippen MR) is 105 cm³/mol. The van der Waals surface area contributed by atoms with E-state index < -0.39 is 5.41 Å². The zero-order valence-corrected chi connectivity index (χ0v) is 16.0. The van der Waals surface area contributed by atoms with Crippen molar-refractivity contribution in [3.05, 3.63) is 70.3 Å². The van der Waals surface area contributed by atoms with Gasteiger partial charge in [-0.25, -0.2) is 4.68 Å². The third-order valence-electron chi connectivity index (χ3n) is 5.36. The fourth-order valence-corrected chi connectivity index (χ4v) is 4.50. The standard InChI is InChI=1S/C20H15BrN4O2/c1-24-16-8-7-12(21)9-14(16)20(19(24)27)10-17(26)23-18-15(20)11-22-25(18)13-5-3-2-4-6-13/h2-9,11H,10H2,1H3,(H,23,26). The lowest BCUT2D eigenvalue weighted by Gasteiger charge is -2.32. The van der Waals surface area contributed by atoms with E-state index in [4.69, 9.17) is 0 Å². The number of hydrogen-bond donors (Lipinski definition) is 1. The van der Waals surface area contributed by atoms with Crippen molar-refractivity contribution in [1.82, 2.24) is 9.78 Å². The lowest BCUT2D eigenvalue weighted by atomic mass is 9.72. The van der Waals surface area contributed by atoms with E-state index in [9.17, 15) is 9.59 Å². The second-order valence-corrected chi connectivity index (χ2v) is 7.73. The number of aromatic nitrogens is 2. The zero-order chi connectivity index (χ0) is 18.8. The highest BCUT2D eigenvalue weighted by molar-refractivity contribution is 9.10. The molecule has 1 spiro atoms. The van der Waals surface area contributed by atoms with Gasteiger partial charge >= 0.3 is 0 Å². The van der Waals surface area contributed by atoms with Gasteiger partial charge in [0.05, 0.1) is 11.9 Å². The Morgan fingerprint density at radius 1 is 1.11 bits per heavy atom. The van der Waals surface area contributed by atoms with Crippen LogP contribution in [-0.4, -0.2) is 28.6 Å². The first-order chi connectivity index (χ1) is 13.0. The Kier molecular flexibility index (Phi) is 3.33. The Balaban J connectivity index is 1.80. The quantitative estimate of drug-likeness (QED) is 0.654. The molecular formula is C20H15BrN4O2. The van der Waals surface area contributed by atoms with Crippen LogP contribution in [0, 0.1) is 0 Å². The number of carbonyl (C=O) groups excluding carboxylic acids is 2. The van der Waals surface area contributed by atoms with E-state index in [0.717, 1.165) is 27.0 Å². The molecule has 3 heterocycles. The Bertz CT molecular complexity index is 1110. The van der Waals surface area contributed by atoms with Gasteiger partial charge in [-0.2, -0.15) is 5.10 Å². The molecule has 0 saturated carbocycles. The van der Waals surface area contributed by atoms with E-state index in [1.165, 1.54) is 0 Å². The summed E-state index contributed by atoms with van der Waals surface area (Å²) in [7, 11) is 1.75. The molecule has 2 aliphatic rings. The Morgan fingerprint density at radius 3 is 2.67 bits per heavy atom. The fraction of sp³-hybridized carbons (Fsp3) is 0.150. The van der Waals surface area contributed by atoms with Gasteiger partial charge in [-0.15, -0.1) is 0 Å². The summed E-state index contributed by atoms with van der Waals surface area (Å²) in [6.45, 7) is 0. The SMILES string of the molecule is CN1C(=O)C2(CC(=O)Nc3c2cnn3-c2ccccc2)c2cc(Br)ccc21. The number of carbonyl (C=O) groups is 2. The Morgan fingerprint density at radius 2 is 1.89 bits per heavy atom. The number of nitrogens with zero attached hydrogens (tertiary/aromatic N) is 3. The summed E-state index contributed by atoms with van der Waals surface area (Å²) < 4.78 is 2.55. The molecule has 0 radical (unpaired) electrons. The summed E-state index contributed by atoms with van der Waals surface area (Å²) in [5, 5.41) is 7.41. The summed E-state index contributed by atoms with van der Waals surface area (Å²) in [5.74, 6) is 0.237. The van der Waals surface area contributed by atoms with Crippen LogP contribution in [0.25, 0.3) is 5.69 Å². The average molecular weight is 423 g/mol. The first-order valence-electron chi connectivity index (χ1n) is 8.54. The minimum atomic E-state index is -1.06. The van der Waals surface area contributed by atoms with Crippen LogP contribution in [0.4, 0.5) is 11.5 Å². The molecular weight excluding hydrogens is 408 g/mol. The van der Waals surface area contributed by atoms with Gasteiger partial charge in [-0.1, -0.05) is 34.1 Å². The lowest BCUT2D eigenvalue weighted by Crippen LogP contribution is -2.45. The number of rotatable bonds is 1. The van der Waals surface area contributed by atoms with Gasteiger partial charge in [0.15, 0.2) is 0 Å². The third-order valence-corrected chi connectivity index (χ3v) is 5.86. The molecule has 0 aliphatic carbocycles. The number of likely N-dealkylation sites (N-methyl/N-ethyl adjacent to an activating group) is 1. The van der Waals surface area contributed by atoms with Crippen molar-refractivity contribution in [2.75, 3.05) is 17.3 Å². The minimum absolute atomic E-state index is 0.0626. The van der Waals surface area contributed by atoms with Crippen LogP contribution in [0.5, 0.6) is 0 Å². The van der Waals surface area contributed by atoms with Crippen LogP contribution in [-0.2, 0) is 15.0 Å². The van der Waals surface area contributed by atoms with Crippen molar-refractivity contribution >= 4 is 39.2 Å². The molecule has 1 unspecified atom stereocenters. The number of benzene rings is 2. The number of hydrogen-bond acceptors (Lipinski definition) is 3. The predicted octanol–water partition coefficient (Wildman–Crippen LogP) is 3.24. The third kappa shape index (κ3) is 2.09. The number of fused-ring (bicyclic) bond motifs is 4. The molecule has 2 aromatic carbocycles. The average Bonchev–Trinajstić information content (AvgIpc) is 3.17. The highest BCUT2D eigenvalue weighted by Crippen LogP contribution is 2.52. The summed E-state index contributed by atoms with van der Waals surface area (Å²) in [6.07, 6.45) is 1.76. The largest absolute Gasteiger partial charge is 0.314 e. The maximum absolute atomic E-state index is 13.4. The molecule has 1 N–H and O–H groups in total. The molecule has 6 nitrogen and oxygen atoms in total. The van der Waals surface area contributed by atoms with Crippen LogP contribution in [0.3, 0.4) is 0 Å². The van der Waals surface area contributed by atoms with Crippen LogP contribution >= 0.6 is 15.9 Å². The zero-order valence-electron chi connectivity index (χ0n) is 14.4. The van der Waals surface area contributed by atoms with Crippen molar-refractivity contribution in [2.24, 2.45) is 0 Å². The van der Waals surface area contributed by atoms with E-state index in [0.29, 0.717) is 5.82 Å². The Hall–Kier alpha value is -2.93. The molecule has 1 atom stereocenters. The van der Waals surface area contributed by atoms with E-state index in [2.05, 4.69) is 26.3 Å². The van der Waals surface area contributed by atoms with Gasteiger partial charge in [0.1, 0.15) is 11.2 Å². The molecule has 0 fully saturated rings. The lowest BCUT2D eigenvalue weighted by molar-refractivity contribution is -0.126. The molecule has 2 aliphatic heterocycles. The van der Waals surface area contributed by atoms with Gasteiger partial charge in [0, 0.05) is 29.2 Å². The highest BCUT2D eigenvalue weighted by Gasteiger charge is 2.56. The highest BCUT2D eigenvalue weighted by atomic mass is 79.9. The van der Waals surface area contributed by atoms with Gasteiger partial charge in [0.2, 0.25) is 11.8 Å². The molecule has 0 bridgehead atoms. The molecule has 0 saturated heterocycles. The molecule has 1 aromatic heterocycles. The van der Waals surface area contributed by atoms with Gasteiger partial charge in [-0.05, 0) is 35.9 Å². The van der Waals surface area contributed by atoms with Crippen molar-refractivity contribution in [1.29, 1.82) is 0 Å². The smallest absolute Gasteiger partial charge is 0.242 e. The van der Waals surface area contributed by atoms with Crippen LogP contribution in [0.15, 0.2) is 59.2 Å². The fourth-order valence-electron chi connectivity index (χ4n) is 4.14. The van der Waals surface area contributed by atoms with Crippen LogP contribution in [0.1, 0.15) is 17.5 Å². The van der Waals surface area contributed by atoms with Crippen molar-refractivity contribution in [2.45, 2.75) is 11.8 Å². The van der Waals surface area contributed by atoms with E-state index in [1.54, 1.807) is 22.8 Å². The van der Waals surface area contributed by atoms with Gasteiger partial charge in [-0.3, -0.25) is 9.59 Å². The first-order valence-corrected chi connectivity index (χ1v) is 9.33. The Labute approximate surface area is 163 Å². The topological polar surface area (TPSA) is 67.2 Å². The molecule has 5 rings (SSSR count). The van der Waals surface area contributed by atoms with Gasteiger partial charge in [0.25, 0.3) is 0 Å². The first kappa shape index (κ1) is 16.3. The van der Waals surface area contributed by atoms with Gasteiger partial charge < -0.3 is 10.2 Å². The van der Waals surface area contributed by atoms with Crippen molar-refractivity contribution in [3.63, 3.8) is 0 Å². The summed E-state index contributed by atoms with van der Waals surface area (Å²) in [6, 6.07) is 15.3. The number of amides is 2. The summed E-state index contributed by atoms with van der Waals surface area (Å²) in [4.78, 5) is 27.7. The normalized spacial score (nSPS) is 20.6. The maximum Gasteiger partial charge on any atom is 0.242 e. The number of para-hydroxylation sites is 1. The summed E-state index contributed by atoms with van der Waals surface area (Å²) >= 11 is 3.50. The van der Waals surface area contributed by atoms with Crippen molar-refractivity contribution in [3.8, 4) is 5.69 Å². The van der Waals surface area contributed by atoms with E-state index in [1.807, 2.05) is 48.5 Å². The maximum atomic E-state index is 13.4. The number of anilines is 2. The minimum Gasteiger partial charge on any atom is -0.314 e. The van der Waals surface area contributed by atoms with Crippen LogP contribution in [0.2, 0.25) is 0 Å². The summed E-state index contributed by atoms with van der Waals surface area (Å²) in [5.41, 5.74) is 2.13. The van der Waals surface area contributed by atoms with Crippen LogP contribution < -0.4 is 10.2 Å². The van der Waals surface area contributed by atoms with E-state index in [-0.39, 0.29) is 18.2 Å². The number of halogens is 1. The molecule has 134 valence electrons. The molecule has 3 aromatic rings. The molecule has 27 heavy (non-hydrogen) atoms. The number of nitrogens with one attached hydrogen (secondary N) is 1.